The number of carbonyl (C=O) groups is 1. The lowest BCUT2D eigenvalue weighted by Gasteiger charge is -2.31. The molecule has 1 amide bonds. The summed E-state index contributed by atoms with van der Waals surface area (Å²) in [5, 5.41) is 11.2. The van der Waals surface area contributed by atoms with Gasteiger partial charge in [0.05, 0.1) is 18.1 Å². The first-order valence-corrected chi connectivity index (χ1v) is 15.0. The summed E-state index contributed by atoms with van der Waals surface area (Å²) in [5.41, 5.74) is 1.13. The van der Waals surface area contributed by atoms with Crippen molar-refractivity contribution < 1.29 is 23.1 Å². The molecule has 2 unspecified atom stereocenters. The minimum atomic E-state index is -3.84. The quantitative estimate of drug-likeness (QED) is 0.384. The maximum absolute atomic E-state index is 13.7. The Bertz CT molecular complexity index is 1160. The number of amides is 1. The molecular weight excluding hydrogens is 500 g/mol. The summed E-state index contributed by atoms with van der Waals surface area (Å²) < 4.78 is 34.0. The number of aliphatic hydroxyl groups is 1. The molecule has 1 aliphatic heterocycles. The first-order chi connectivity index (χ1) is 18.3. The number of likely N-dealkylation sites (tertiary alicyclic amines) is 1. The second-order valence-electron chi connectivity index (χ2n) is 10.6. The van der Waals surface area contributed by atoms with Gasteiger partial charge < -0.3 is 14.7 Å². The molecule has 2 aliphatic rings. The minimum absolute atomic E-state index is 0.00485. The van der Waals surface area contributed by atoms with E-state index in [4.69, 9.17) is 4.74 Å². The van der Waals surface area contributed by atoms with Crippen LogP contribution in [0.2, 0.25) is 0 Å². The number of rotatable bonds is 13. The Morgan fingerprint density at radius 2 is 1.82 bits per heavy atom. The van der Waals surface area contributed by atoms with Crippen LogP contribution < -0.4 is 4.74 Å². The van der Waals surface area contributed by atoms with Crippen molar-refractivity contribution in [2.24, 2.45) is 11.8 Å². The average Bonchev–Trinajstić information content (AvgIpc) is 3.53. The molecule has 0 bridgehead atoms. The fraction of sp³-hybridized carbons (Fsp3) is 0.500. The van der Waals surface area contributed by atoms with Crippen molar-refractivity contribution in [2.45, 2.75) is 62.0 Å². The Balaban J connectivity index is 1.52. The minimum Gasteiger partial charge on any atom is -0.497 e. The standard InChI is InChI=1S/C30H40N2O5S/c1-3-9-25-19-26(18-23-10-5-4-6-11-23)32(30(25)34)22-27(33)21-31(20-24-12-7-8-13-24)38(35,36)29-16-14-28(37-2)15-17-29/h3-6,10-11,14-17,24-27,33H,1,7-9,12-13,18-22H2,2H3/t25?,26-,27?/m0/s1. The summed E-state index contributed by atoms with van der Waals surface area (Å²) in [6.07, 6.45) is 6.91. The van der Waals surface area contributed by atoms with Gasteiger partial charge in [-0.2, -0.15) is 4.31 Å². The van der Waals surface area contributed by atoms with Gasteiger partial charge in [-0.25, -0.2) is 8.42 Å². The van der Waals surface area contributed by atoms with Gasteiger partial charge >= 0.3 is 0 Å². The van der Waals surface area contributed by atoms with Gasteiger partial charge in [-0.3, -0.25) is 4.79 Å². The summed E-state index contributed by atoms with van der Waals surface area (Å²) in [7, 11) is -2.30. The van der Waals surface area contributed by atoms with Gasteiger partial charge in [-0.1, -0.05) is 49.2 Å². The second-order valence-corrected chi connectivity index (χ2v) is 12.5. The molecule has 38 heavy (non-hydrogen) atoms. The number of aliphatic hydroxyl groups excluding tert-OH is 1. The maximum atomic E-state index is 13.7. The topological polar surface area (TPSA) is 87.2 Å². The number of nitrogens with zero attached hydrogens (tertiary/aromatic N) is 2. The molecule has 4 rings (SSSR count). The Hall–Kier alpha value is -2.68. The van der Waals surface area contributed by atoms with Crippen molar-refractivity contribution in [3.05, 3.63) is 72.8 Å². The molecule has 0 spiro atoms. The number of hydrogen-bond acceptors (Lipinski definition) is 5. The van der Waals surface area contributed by atoms with Crippen LogP contribution in [0.1, 0.15) is 44.1 Å². The molecule has 3 atom stereocenters. The predicted molar refractivity (Wildman–Crippen MR) is 148 cm³/mol. The highest BCUT2D eigenvalue weighted by Gasteiger charge is 2.40. The summed E-state index contributed by atoms with van der Waals surface area (Å²) in [5.74, 6) is 0.695. The molecular formula is C30H40N2O5S. The Kier molecular flexibility index (Phi) is 9.63. The summed E-state index contributed by atoms with van der Waals surface area (Å²) in [6, 6.07) is 16.3. The van der Waals surface area contributed by atoms with Gasteiger partial charge in [0.15, 0.2) is 0 Å². The monoisotopic (exact) mass is 540 g/mol. The van der Waals surface area contributed by atoms with Gasteiger partial charge in [-0.15, -0.1) is 6.58 Å². The molecule has 2 aromatic rings. The van der Waals surface area contributed by atoms with Crippen LogP contribution in [-0.4, -0.2) is 67.5 Å². The van der Waals surface area contributed by atoms with E-state index < -0.39 is 16.1 Å². The summed E-state index contributed by atoms with van der Waals surface area (Å²) in [4.78, 5) is 15.2. The van der Waals surface area contributed by atoms with Gasteiger partial charge in [0.2, 0.25) is 15.9 Å². The van der Waals surface area contributed by atoms with Crippen molar-refractivity contribution in [3.63, 3.8) is 0 Å². The normalized spacial score (nSPS) is 21.2. The van der Waals surface area contributed by atoms with Crippen molar-refractivity contribution >= 4 is 15.9 Å². The average molecular weight is 541 g/mol. The van der Waals surface area contributed by atoms with Crippen LogP contribution in [0.25, 0.3) is 0 Å². The molecule has 8 heteroatoms. The van der Waals surface area contributed by atoms with Crippen LogP contribution in [0, 0.1) is 11.8 Å². The van der Waals surface area contributed by atoms with Crippen LogP contribution in [0.15, 0.2) is 72.1 Å². The van der Waals surface area contributed by atoms with E-state index in [-0.39, 0.29) is 41.8 Å². The SMILES string of the molecule is C=CCC1C[C@H](Cc2ccccc2)N(CC(O)CN(CC2CCCC2)S(=O)(=O)c2ccc(OC)cc2)C1=O. The molecule has 2 fully saturated rings. The highest BCUT2D eigenvalue weighted by atomic mass is 32.2. The third kappa shape index (κ3) is 6.84. The number of benzene rings is 2. The maximum Gasteiger partial charge on any atom is 0.243 e. The Labute approximate surface area is 227 Å². The molecule has 0 aromatic heterocycles. The van der Waals surface area contributed by atoms with Crippen molar-refractivity contribution in [1.82, 2.24) is 9.21 Å². The lowest BCUT2D eigenvalue weighted by Crippen LogP contribution is -2.47. The highest BCUT2D eigenvalue weighted by molar-refractivity contribution is 7.89. The van der Waals surface area contributed by atoms with Crippen LogP contribution >= 0.6 is 0 Å². The molecule has 206 valence electrons. The predicted octanol–water partition coefficient (Wildman–Crippen LogP) is 4.27. The number of methoxy groups -OCH3 is 1. The van der Waals surface area contributed by atoms with E-state index in [1.165, 1.54) is 11.4 Å². The van der Waals surface area contributed by atoms with Gasteiger partial charge in [0, 0.05) is 31.6 Å². The van der Waals surface area contributed by atoms with Gasteiger partial charge in [-0.05, 0) is 67.9 Å². The van der Waals surface area contributed by atoms with E-state index in [0.717, 1.165) is 31.2 Å². The number of hydrogen-bond donors (Lipinski definition) is 1. The summed E-state index contributed by atoms with van der Waals surface area (Å²) >= 11 is 0. The van der Waals surface area contributed by atoms with Crippen LogP contribution in [-0.2, 0) is 21.2 Å². The zero-order valence-electron chi connectivity index (χ0n) is 22.2. The van der Waals surface area contributed by atoms with Crippen molar-refractivity contribution in [2.75, 3.05) is 26.7 Å². The largest absolute Gasteiger partial charge is 0.497 e. The lowest BCUT2D eigenvalue weighted by atomic mass is 9.97. The smallest absolute Gasteiger partial charge is 0.243 e. The lowest BCUT2D eigenvalue weighted by molar-refractivity contribution is -0.133. The van der Waals surface area contributed by atoms with E-state index in [1.54, 1.807) is 35.2 Å². The molecule has 1 heterocycles. The van der Waals surface area contributed by atoms with Crippen LogP contribution in [0.4, 0.5) is 0 Å². The Morgan fingerprint density at radius 1 is 1.13 bits per heavy atom. The second kappa shape index (κ2) is 12.9. The first-order valence-electron chi connectivity index (χ1n) is 13.6. The Morgan fingerprint density at radius 3 is 2.45 bits per heavy atom. The van der Waals surface area contributed by atoms with E-state index in [0.29, 0.717) is 31.6 Å². The van der Waals surface area contributed by atoms with Gasteiger partial charge in [0.1, 0.15) is 5.75 Å². The number of allylic oxidation sites excluding steroid dienone is 1. The number of ether oxygens (including phenoxy) is 1. The molecule has 1 saturated heterocycles. The highest BCUT2D eigenvalue weighted by Crippen LogP contribution is 2.31. The van der Waals surface area contributed by atoms with E-state index in [9.17, 15) is 18.3 Å². The van der Waals surface area contributed by atoms with E-state index in [2.05, 4.69) is 6.58 Å². The molecule has 1 saturated carbocycles. The fourth-order valence-corrected chi connectivity index (χ4v) is 7.41. The van der Waals surface area contributed by atoms with Crippen LogP contribution in [0.5, 0.6) is 5.75 Å². The number of β-amino-alcohol motifs (C(OH)–C–C–N with tert-alkyl or cyclic N) is 1. The van der Waals surface area contributed by atoms with E-state index in [1.807, 2.05) is 30.3 Å². The van der Waals surface area contributed by atoms with Crippen molar-refractivity contribution in [3.8, 4) is 5.75 Å². The molecule has 1 aliphatic carbocycles. The molecule has 1 N–H and O–H groups in total. The van der Waals surface area contributed by atoms with Crippen LogP contribution in [0.3, 0.4) is 0 Å². The third-order valence-corrected chi connectivity index (χ3v) is 9.70. The van der Waals surface area contributed by atoms with E-state index >= 15 is 0 Å². The molecule has 0 radical (unpaired) electrons. The molecule has 2 aromatic carbocycles. The zero-order valence-corrected chi connectivity index (χ0v) is 23.1. The molecule has 7 nitrogen and oxygen atoms in total. The summed E-state index contributed by atoms with van der Waals surface area (Å²) in [6.45, 7) is 4.22. The van der Waals surface area contributed by atoms with Crippen molar-refractivity contribution in [1.29, 1.82) is 0 Å². The number of carbonyl (C=O) groups excluding carboxylic acids is 1. The number of sulfonamides is 1. The fourth-order valence-electron chi connectivity index (χ4n) is 5.86. The zero-order chi connectivity index (χ0) is 27.1. The third-order valence-electron chi connectivity index (χ3n) is 7.85. The van der Waals surface area contributed by atoms with Gasteiger partial charge in [0.25, 0.3) is 0 Å². The first kappa shape index (κ1) is 28.3.